The van der Waals surface area contributed by atoms with Crippen molar-refractivity contribution in [3.63, 3.8) is 0 Å². The lowest BCUT2D eigenvalue weighted by molar-refractivity contribution is -0.150. The first-order valence-electron chi connectivity index (χ1n) is 5.84. The fourth-order valence-corrected chi connectivity index (χ4v) is 1.56. The summed E-state index contributed by atoms with van der Waals surface area (Å²) in [6.45, 7) is 1.37. The van der Waals surface area contributed by atoms with Crippen LogP contribution < -0.4 is 10.6 Å². The van der Waals surface area contributed by atoms with Gasteiger partial charge in [0.05, 0.1) is 0 Å². The summed E-state index contributed by atoms with van der Waals surface area (Å²) in [7, 11) is 1.48. The van der Waals surface area contributed by atoms with Crippen molar-refractivity contribution in [3.05, 3.63) is 30.3 Å². The van der Waals surface area contributed by atoms with Gasteiger partial charge in [0.1, 0.15) is 0 Å². The van der Waals surface area contributed by atoms with E-state index < -0.39 is 17.7 Å². The number of nitrogens with two attached hydrogens (primary N) is 1. The Bertz CT molecular complexity index is 473. The summed E-state index contributed by atoms with van der Waals surface area (Å²) in [6.07, 6.45) is 0. The van der Waals surface area contributed by atoms with Crippen molar-refractivity contribution >= 4 is 23.4 Å². The van der Waals surface area contributed by atoms with Gasteiger partial charge < -0.3 is 10.6 Å². The summed E-state index contributed by atoms with van der Waals surface area (Å²) in [6, 6.07) is 8.72. The number of imide groups is 1. The predicted octanol–water partition coefficient (Wildman–Crippen LogP) is -0.0168. The van der Waals surface area contributed by atoms with E-state index in [0.29, 0.717) is 5.69 Å². The number of para-hydroxylation sites is 1. The van der Waals surface area contributed by atoms with E-state index in [4.69, 9.17) is 5.73 Å². The summed E-state index contributed by atoms with van der Waals surface area (Å²) >= 11 is 0. The van der Waals surface area contributed by atoms with Crippen LogP contribution in [0, 0.1) is 0 Å². The molecule has 0 atom stereocenters. The zero-order valence-corrected chi connectivity index (χ0v) is 11.0. The molecule has 1 aromatic rings. The van der Waals surface area contributed by atoms with Gasteiger partial charge in [-0.3, -0.25) is 19.3 Å². The van der Waals surface area contributed by atoms with Gasteiger partial charge in [0.15, 0.2) is 0 Å². The molecule has 0 aliphatic heterocycles. The second kappa shape index (κ2) is 6.65. The predicted molar refractivity (Wildman–Crippen MR) is 71.3 cm³/mol. The SMILES string of the molecule is CC(=O)N(CCN)C(=O)C(=O)N(C)c1ccccc1. The fourth-order valence-electron chi connectivity index (χ4n) is 1.56. The summed E-state index contributed by atoms with van der Waals surface area (Å²) < 4.78 is 0. The van der Waals surface area contributed by atoms with Gasteiger partial charge in [0, 0.05) is 32.7 Å². The number of rotatable bonds is 3. The van der Waals surface area contributed by atoms with Crippen LogP contribution in [0.1, 0.15) is 6.92 Å². The highest BCUT2D eigenvalue weighted by Gasteiger charge is 2.27. The lowest BCUT2D eigenvalue weighted by Crippen LogP contribution is -2.47. The molecular weight excluding hydrogens is 246 g/mol. The van der Waals surface area contributed by atoms with E-state index in [-0.39, 0.29) is 13.1 Å². The number of amides is 3. The quantitative estimate of drug-likeness (QED) is 0.777. The number of hydrogen-bond donors (Lipinski definition) is 1. The highest BCUT2D eigenvalue weighted by molar-refractivity contribution is 6.42. The van der Waals surface area contributed by atoms with Crippen LogP contribution in [0.2, 0.25) is 0 Å². The number of nitrogens with zero attached hydrogens (tertiary/aromatic N) is 2. The van der Waals surface area contributed by atoms with E-state index in [9.17, 15) is 14.4 Å². The molecule has 6 nitrogen and oxygen atoms in total. The Balaban J connectivity index is 2.87. The lowest BCUT2D eigenvalue weighted by Gasteiger charge is -2.22. The Labute approximate surface area is 111 Å². The van der Waals surface area contributed by atoms with Crippen molar-refractivity contribution < 1.29 is 14.4 Å². The maximum atomic E-state index is 12.0. The first-order chi connectivity index (χ1) is 8.99. The minimum atomic E-state index is -0.871. The van der Waals surface area contributed by atoms with Gasteiger partial charge in [-0.25, -0.2) is 0 Å². The Morgan fingerprint density at radius 2 is 1.68 bits per heavy atom. The van der Waals surface area contributed by atoms with Crippen molar-refractivity contribution in [3.8, 4) is 0 Å². The van der Waals surface area contributed by atoms with E-state index in [2.05, 4.69) is 0 Å². The van der Waals surface area contributed by atoms with Gasteiger partial charge >= 0.3 is 11.8 Å². The number of carbonyl (C=O) groups excluding carboxylic acids is 3. The first kappa shape index (κ1) is 14.8. The van der Waals surface area contributed by atoms with E-state index in [1.165, 1.54) is 18.9 Å². The Kier molecular flexibility index (Phi) is 5.20. The lowest BCUT2D eigenvalue weighted by atomic mass is 10.3. The maximum absolute atomic E-state index is 12.0. The molecule has 0 aliphatic rings. The number of carbonyl (C=O) groups is 3. The Morgan fingerprint density at radius 3 is 2.16 bits per heavy atom. The minimum absolute atomic E-state index is 0.0303. The van der Waals surface area contributed by atoms with Crippen molar-refractivity contribution in [2.75, 3.05) is 25.0 Å². The van der Waals surface area contributed by atoms with E-state index >= 15 is 0 Å². The van der Waals surface area contributed by atoms with Crippen molar-refractivity contribution in [1.82, 2.24) is 4.90 Å². The molecule has 0 bridgehead atoms. The van der Waals surface area contributed by atoms with Crippen LogP contribution in [-0.2, 0) is 14.4 Å². The van der Waals surface area contributed by atoms with Crippen molar-refractivity contribution in [2.45, 2.75) is 6.92 Å². The van der Waals surface area contributed by atoms with Crippen molar-refractivity contribution in [2.24, 2.45) is 5.73 Å². The van der Waals surface area contributed by atoms with Crippen LogP contribution in [-0.4, -0.2) is 42.8 Å². The van der Waals surface area contributed by atoms with E-state index in [0.717, 1.165) is 4.90 Å². The first-order valence-corrected chi connectivity index (χ1v) is 5.84. The van der Waals surface area contributed by atoms with Gasteiger partial charge in [0.2, 0.25) is 5.91 Å². The molecule has 0 saturated carbocycles. The van der Waals surface area contributed by atoms with Gasteiger partial charge in [-0.2, -0.15) is 0 Å². The summed E-state index contributed by atoms with van der Waals surface area (Å²) in [5.74, 6) is -2.13. The molecule has 102 valence electrons. The average Bonchev–Trinajstić information content (AvgIpc) is 2.43. The molecule has 19 heavy (non-hydrogen) atoms. The third kappa shape index (κ3) is 3.62. The molecule has 1 rings (SSSR count). The smallest absolute Gasteiger partial charge is 0.319 e. The van der Waals surface area contributed by atoms with Gasteiger partial charge in [0.25, 0.3) is 0 Å². The van der Waals surface area contributed by atoms with Crippen LogP contribution in [0.4, 0.5) is 5.69 Å². The molecule has 0 spiro atoms. The van der Waals surface area contributed by atoms with Gasteiger partial charge in [-0.1, -0.05) is 18.2 Å². The molecule has 0 aliphatic carbocycles. The summed E-state index contributed by atoms with van der Waals surface area (Å²) in [5.41, 5.74) is 5.90. The normalized spacial score (nSPS) is 9.84. The largest absolute Gasteiger partial charge is 0.329 e. The third-order valence-electron chi connectivity index (χ3n) is 2.61. The Hall–Kier alpha value is -2.21. The number of anilines is 1. The van der Waals surface area contributed by atoms with Crippen LogP contribution in [0.5, 0.6) is 0 Å². The molecule has 3 amide bonds. The molecule has 6 heteroatoms. The van der Waals surface area contributed by atoms with Crippen LogP contribution in [0.15, 0.2) is 30.3 Å². The molecule has 0 aromatic heterocycles. The molecule has 0 radical (unpaired) electrons. The molecule has 0 unspecified atom stereocenters. The molecule has 1 aromatic carbocycles. The number of hydrogen-bond acceptors (Lipinski definition) is 4. The number of benzene rings is 1. The zero-order chi connectivity index (χ0) is 14.4. The molecule has 2 N–H and O–H groups in total. The molecule has 0 fully saturated rings. The Morgan fingerprint density at radius 1 is 1.11 bits per heavy atom. The monoisotopic (exact) mass is 263 g/mol. The zero-order valence-electron chi connectivity index (χ0n) is 11.0. The number of likely N-dealkylation sites (N-methyl/N-ethyl adjacent to an activating group) is 1. The fraction of sp³-hybridized carbons (Fsp3) is 0.308. The van der Waals surface area contributed by atoms with Crippen LogP contribution >= 0.6 is 0 Å². The van der Waals surface area contributed by atoms with Gasteiger partial charge in [-0.15, -0.1) is 0 Å². The summed E-state index contributed by atoms with van der Waals surface area (Å²) in [4.78, 5) is 37.3. The van der Waals surface area contributed by atoms with Gasteiger partial charge in [-0.05, 0) is 12.1 Å². The highest BCUT2D eigenvalue weighted by atomic mass is 16.2. The third-order valence-corrected chi connectivity index (χ3v) is 2.61. The maximum Gasteiger partial charge on any atom is 0.319 e. The second-order valence-corrected chi connectivity index (χ2v) is 3.96. The highest BCUT2D eigenvalue weighted by Crippen LogP contribution is 2.11. The minimum Gasteiger partial charge on any atom is -0.329 e. The van der Waals surface area contributed by atoms with E-state index in [1.807, 2.05) is 0 Å². The molecular formula is C13H17N3O3. The summed E-state index contributed by atoms with van der Waals surface area (Å²) in [5, 5.41) is 0. The average molecular weight is 263 g/mol. The topological polar surface area (TPSA) is 83.7 Å². The van der Waals surface area contributed by atoms with Crippen molar-refractivity contribution in [1.29, 1.82) is 0 Å². The van der Waals surface area contributed by atoms with Crippen LogP contribution in [0.25, 0.3) is 0 Å². The molecule has 0 saturated heterocycles. The second-order valence-electron chi connectivity index (χ2n) is 3.96. The van der Waals surface area contributed by atoms with E-state index in [1.54, 1.807) is 30.3 Å². The molecule has 0 heterocycles. The standard InChI is InChI=1S/C13H17N3O3/c1-10(17)16(9-8-14)13(19)12(18)15(2)11-6-4-3-5-7-11/h3-7H,8-9,14H2,1-2H3. The van der Waals surface area contributed by atoms with Crippen LogP contribution in [0.3, 0.4) is 0 Å².